The molecule has 1 saturated carbocycles. The van der Waals surface area contributed by atoms with Gasteiger partial charge in [0.15, 0.2) is 5.84 Å². The standard InChI is InChI=1S/C23H24N8S/c1-14-31(29-23(32-14)20(24)8-15-3-4-15)22(28-25)9-16-5-6-21-17(7-16)10-18(11-26-21)19-12-27-30(2)13-19/h5-8,10-13,15H,1,3-4,9,24-25H2,2H3/b20-8-,28-22-. The minimum Gasteiger partial charge on any atom is -0.397 e. The normalized spacial score (nSPS) is 17.3. The number of aryl methyl sites for hydroxylation is 1. The molecule has 1 fully saturated rings. The Bertz CT molecular complexity index is 1300. The number of hydrogen-bond acceptors (Lipinski definition) is 7. The average Bonchev–Trinajstić information content (AvgIpc) is 3.36. The van der Waals surface area contributed by atoms with Crippen molar-refractivity contribution in [1.82, 2.24) is 19.8 Å². The first kappa shape index (κ1) is 20.3. The zero-order chi connectivity index (χ0) is 22.2. The van der Waals surface area contributed by atoms with Crippen LogP contribution >= 0.6 is 11.8 Å². The van der Waals surface area contributed by atoms with Crippen molar-refractivity contribution in [3.8, 4) is 11.1 Å². The minimum absolute atomic E-state index is 0.506. The molecule has 0 unspecified atom stereocenters. The molecule has 9 heteroatoms. The largest absolute Gasteiger partial charge is 0.397 e. The molecular weight excluding hydrogens is 420 g/mol. The molecule has 1 aliphatic carbocycles. The van der Waals surface area contributed by atoms with E-state index in [4.69, 9.17) is 11.6 Å². The zero-order valence-electron chi connectivity index (χ0n) is 17.8. The van der Waals surface area contributed by atoms with Gasteiger partial charge in [0.25, 0.3) is 0 Å². The first-order chi connectivity index (χ1) is 15.5. The van der Waals surface area contributed by atoms with Crippen LogP contribution in [0.2, 0.25) is 0 Å². The number of fused-ring (bicyclic) bond motifs is 1. The molecule has 4 N–H and O–H groups in total. The van der Waals surface area contributed by atoms with Gasteiger partial charge >= 0.3 is 0 Å². The maximum atomic E-state index is 6.22. The third kappa shape index (κ3) is 4.11. The number of aromatic nitrogens is 3. The van der Waals surface area contributed by atoms with Crippen LogP contribution in [0.4, 0.5) is 0 Å². The van der Waals surface area contributed by atoms with Crippen LogP contribution in [-0.4, -0.2) is 30.7 Å². The van der Waals surface area contributed by atoms with Crippen molar-refractivity contribution in [2.75, 3.05) is 0 Å². The lowest BCUT2D eigenvalue weighted by Crippen LogP contribution is -2.25. The van der Waals surface area contributed by atoms with E-state index >= 15 is 0 Å². The van der Waals surface area contributed by atoms with E-state index < -0.39 is 0 Å². The van der Waals surface area contributed by atoms with Crippen molar-refractivity contribution in [3.63, 3.8) is 0 Å². The van der Waals surface area contributed by atoms with E-state index in [0.717, 1.165) is 37.7 Å². The van der Waals surface area contributed by atoms with Crippen LogP contribution in [0.15, 0.2) is 76.4 Å². The first-order valence-electron chi connectivity index (χ1n) is 10.4. The van der Waals surface area contributed by atoms with Crippen molar-refractivity contribution >= 4 is 33.5 Å². The Morgan fingerprint density at radius 3 is 2.84 bits per heavy atom. The summed E-state index contributed by atoms with van der Waals surface area (Å²) in [7, 11) is 1.90. The molecular formula is C23H24N8S. The van der Waals surface area contributed by atoms with Gasteiger partial charge in [0.2, 0.25) is 0 Å². The van der Waals surface area contributed by atoms with Gasteiger partial charge in [-0.3, -0.25) is 9.67 Å². The monoisotopic (exact) mass is 444 g/mol. The van der Waals surface area contributed by atoms with Gasteiger partial charge in [0.1, 0.15) is 5.04 Å². The number of hydrogen-bond donors (Lipinski definition) is 2. The highest BCUT2D eigenvalue weighted by molar-refractivity contribution is 8.17. The summed E-state index contributed by atoms with van der Waals surface area (Å²) in [6.07, 6.45) is 10.6. The van der Waals surface area contributed by atoms with Crippen molar-refractivity contribution in [1.29, 1.82) is 0 Å². The molecule has 2 aliphatic rings. The lowest BCUT2D eigenvalue weighted by atomic mass is 10.0. The molecule has 3 aromatic rings. The highest BCUT2D eigenvalue weighted by Gasteiger charge is 2.27. The van der Waals surface area contributed by atoms with E-state index in [0.29, 0.717) is 23.9 Å². The second-order valence-corrected chi connectivity index (χ2v) is 9.11. The summed E-state index contributed by atoms with van der Waals surface area (Å²) in [4.78, 5) is 4.59. The second-order valence-electron chi connectivity index (χ2n) is 8.05. The van der Waals surface area contributed by atoms with E-state index in [2.05, 4.69) is 45.1 Å². The van der Waals surface area contributed by atoms with Gasteiger partial charge in [-0.1, -0.05) is 18.7 Å². The molecule has 1 aliphatic heterocycles. The Morgan fingerprint density at radius 1 is 1.28 bits per heavy atom. The van der Waals surface area contributed by atoms with Crippen LogP contribution in [0, 0.1) is 5.92 Å². The SMILES string of the molecule is C=C1SC(/C(N)=C/C2CC2)=NN1/C(Cc1ccc2ncc(-c3cnn(C)c3)cc2c1)=N\N. The molecule has 0 radical (unpaired) electrons. The first-order valence-corrected chi connectivity index (χ1v) is 11.2. The number of nitrogens with zero attached hydrogens (tertiary/aromatic N) is 6. The summed E-state index contributed by atoms with van der Waals surface area (Å²) in [6.45, 7) is 4.11. The summed E-state index contributed by atoms with van der Waals surface area (Å²) < 4.78 is 1.78. The fraction of sp³-hybridized carbons (Fsp3) is 0.217. The average molecular weight is 445 g/mol. The van der Waals surface area contributed by atoms with Gasteiger partial charge in [-0.15, -0.1) is 0 Å². The number of nitrogens with two attached hydrogens (primary N) is 2. The van der Waals surface area contributed by atoms with Crippen molar-refractivity contribution in [2.45, 2.75) is 19.3 Å². The maximum absolute atomic E-state index is 6.22. The summed E-state index contributed by atoms with van der Waals surface area (Å²) in [5.74, 6) is 6.93. The summed E-state index contributed by atoms with van der Waals surface area (Å²) in [5, 5.41) is 17.1. The molecule has 8 nitrogen and oxygen atoms in total. The molecule has 32 heavy (non-hydrogen) atoms. The predicted octanol–water partition coefficient (Wildman–Crippen LogP) is 3.54. The molecule has 0 spiro atoms. The molecule has 0 atom stereocenters. The van der Waals surface area contributed by atoms with E-state index in [9.17, 15) is 0 Å². The van der Waals surface area contributed by atoms with Gasteiger partial charge in [0.05, 0.1) is 22.4 Å². The highest BCUT2D eigenvalue weighted by atomic mass is 32.2. The van der Waals surface area contributed by atoms with Crippen LogP contribution in [0.3, 0.4) is 0 Å². The quantitative estimate of drug-likeness (QED) is 0.270. The van der Waals surface area contributed by atoms with Gasteiger partial charge in [0, 0.05) is 42.4 Å². The van der Waals surface area contributed by atoms with Crippen LogP contribution in [0.25, 0.3) is 22.0 Å². The van der Waals surface area contributed by atoms with Crippen LogP contribution in [0.5, 0.6) is 0 Å². The molecule has 2 aromatic heterocycles. The van der Waals surface area contributed by atoms with Gasteiger partial charge in [-0.05, 0) is 54.3 Å². The van der Waals surface area contributed by atoms with Gasteiger partial charge < -0.3 is 11.6 Å². The fourth-order valence-corrected chi connectivity index (χ4v) is 4.37. The van der Waals surface area contributed by atoms with Crippen molar-refractivity contribution < 1.29 is 0 Å². The van der Waals surface area contributed by atoms with Crippen molar-refractivity contribution in [3.05, 3.63) is 71.8 Å². The molecule has 1 aromatic carbocycles. The third-order valence-electron chi connectivity index (χ3n) is 5.47. The third-order valence-corrected chi connectivity index (χ3v) is 6.38. The molecule has 5 rings (SSSR count). The number of benzene rings is 1. The predicted molar refractivity (Wildman–Crippen MR) is 130 cm³/mol. The number of allylic oxidation sites excluding steroid dienone is 1. The topological polar surface area (TPSA) is 111 Å². The zero-order valence-corrected chi connectivity index (χ0v) is 18.6. The molecule has 0 amide bonds. The van der Waals surface area contributed by atoms with Crippen molar-refractivity contribution in [2.24, 2.45) is 34.7 Å². The Balaban J connectivity index is 1.39. The number of thioether (sulfide) groups is 1. The summed E-state index contributed by atoms with van der Waals surface area (Å²) in [5.41, 5.74) is 10.9. The highest BCUT2D eigenvalue weighted by Crippen LogP contribution is 2.35. The Kier molecular flexibility index (Phi) is 5.18. The molecule has 0 saturated heterocycles. The van der Waals surface area contributed by atoms with E-state index in [1.807, 2.05) is 37.8 Å². The van der Waals surface area contributed by atoms with E-state index in [1.54, 1.807) is 9.69 Å². The molecule has 3 heterocycles. The Hall–Kier alpha value is -3.59. The number of hydrazone groups is 2. The maximum Gasteiger partial charge on any atom is 0.155 e. The van der Waals surface area contributed by atoms with Crippen LogP contribution in [-0.2, 0) is 13.5 Å². The number of rotatable bonds is 5. The Labute approximate surface area is 190 Å². The lowest BCUT2D eigenvalue weighted by Gasteiger charge is -2.16. The van der Waals surface area contributed by atoms with Gasteiger partial charge in [-0.25, -0.2) is 5.01 Å². The van der Waals surface area contributed by atoms with Crippen LogP contribution in [0.1, 0.15) is 18.4 Å². The summed E-state index contributed by atoms with van der Waals surface area (Å²) in [6, 6.07) is 8.25. The van der Waals surface area contributed by atoms with E-state index in [-0.39, 0.29) is 0 Å². The van der Waals surface area contributed by atoms with Crippen LogP contribution < -0.4 is 11.6 Å². The smallest absolute Gasteiger partial charge is 0.155 e. The number of amidine groups is 1. The second kappa shape index (κ2) is 8.16. The Morgan fingerprint density at radius 2 is 2.12 bits per heavy atom. The number of pyridine rings is 1. The molecule has 0 bridgehead atoms. The molecule has 162 valence electrons. The van der Waals surface area contributed by atoms with E-state index in [1.165, 1.54) is 24.6 Å². The van der Waals surface area contributed by atoms with Gasteiger partial charge in [-0.2, -0.15) is 15.3 Å². The summed E-state index contributed by atoms with van der Waals surface area (Å²) >= 11 is 1.44. The fourth-order valence-electron chi connectivity index (χ4n) is 3.61. The lowest BCUT2D eigenvalue weighted by molar-refractivity contribution is 0.586. The minimum atomic E-state index is 0.506.